The molecule has 1 aromatic rings. The van der Waals surface area contributed by atoms with E-state index in [1.165, 1.54) is 5.57 Å². The highest BCUT2D eigenvalue weighted by atomic mass is 16.5. The molecule has 0 radical (unpaired) electrons. The van der Waals surface area contributed by atoms with Gasteiger partial charge in [-0.15, -0.1) is 0 Å². The van der Waals surface area contributed by atoms with Crippen LogP contribution in [0, 0.1) is 0 Å². The second-order valence-electron chi connectivity index (χ2n) is 4.40. The summed E-state index contributed by atoms with van der Waals surface area (Å²) in [6.45, 7) is 3.54. The van der Waals surface area contributed by atoms with Gasteiger partial charge < -0.3 is 9.47 Å². The Labute approximate surface area is 109 Å². The maximum absolute atomic E-state index is 5.75. The summed E-state index contributed by atoms with van der Waals surface area (Å²) in [6, 6.07) is 7.84. The van der Waals surface area contributed by atoms with E-state index in [4.69, 9.17) is 9.47 Å². The van der Waals surface area contributed by atoms with Crippen LogP contribution in [0.4, 0.5) is 0 Å². The van der Waals surface area contributed by atoms with Gasteiger partial charge >= 0.3 is 0 Å². The van der Waals surface area contributed by atoms with Crippen LogP contribution < -0.4 is 9.47 Å². The molecule has 0 unspecified atom stereocenters. The molecule has 2 rings (SSSR count). The van der Waals surface area contributed by atoms with Crippen molar-refractivity contribution in [2.24, 2.45) is 0 Å². The molecular formula is C16H20O2. The molecule has 0 aromatic heterocycles. The lowest BCUT2D eigenvalue weighted by Crippen LogP contribution is -2.02. The monoisotopic (exact) mass is 244 g/mol. The lowest BCUT2D eigenvalue weighted by Gasteiger charge is -2.11. The van der Waals surface area contributed by atoms with E-state index in [9.17, 15) is 0 Å². The highest BCUT2D eigenvalue weighted by Crippen LogP contribution is 2.19. The van der Waals surface area contributed by atoms with Crippen molar-refractivity contribution in [3.8, 4) is 11.5 Å². The molecule has 0 bridgehead atoms. The second kappa shape index (κ2) is 6.90. The first-order valence-electron chi connectivity index (χ1n) is 6.58. The van der Waals surface area contributed by atoms with Crippen LogP contribution >= 0.6 is 0 Å². The molecule has 0 aliphatic heterocycles. The number of benzene rings is 1. The van der Waals surface area contributed by atoms with Crippen LogP contribution in [0.2, 0.25) is 0 Å². The van der Waals surface area contributed by atoms with Crippen LogP contribution in [0.15, 0.2) is 48.1 Å². The molecule has 0 atom stereocenters. The van der Waals surface area contributed by atoms with Gasteiger partial charge in [0.25, 0.3) is 0 Å². The van der Waals surface area contributed by atoms with Crippen LogP contribution in [0.25, 0.3) is 0 Å². The van der Waals surface area contributed by atoms with Gasteiger partial charge in [0.2, 0.25) is 0 Å². The summed E-state index contributed by atoms with van der Waals surface area (Å²) in [5.41, 5.74) is 1.35. The van der Waals surface area contributed by atoms with E-state index < -0.39 is 0 Å². The molecule has 1 aromatic carbocycles. The lowest BCUT2D eigenvalue weighted by atomic mass is 10.1. The molecule has 18 heavy (non-hydrogen) atoms. The minimum atomic E-state index is 0.680. The average molecular weight is 244 g/mol. The topological polar surface area (TPSA) is 18.5 Å². The molecule has 2 heteroatoms. The fourth-order valence-electron chi connectivity index (χ4n) is 1.80. The van der Waals surface area contributed by atoms with Gasteiger partial charge in [0, 0.05) is 0 Å². The van der Waals surface area contributed by atoms with E-state index in [2.05, 4.69) is 25.2 Å². The van der Waals surface area contributed by atoms with Crippen molar-refractivity contribution in [1.82, 2.24) is 0 Å². The zero-order valence-corrected chi connectivity index (χ0v) is 10.9. The zero-order chi connectivity index (χ0) is 12.6. The summed E-state index contributed by atoms with van der Waals surface area (Å²) in [4.78, 5) is 0. The van der Waals surface area contributed by atoms with E-state index in [-0.39, 0.29) is 0 Å². The summed E-state index contributed by atoms with van der Waals surface area (Å²) >= 11 is 0. The summed E-state index contributed by atoms with van der Waals surface area (Å²) < 4.78 is 11.3. The Morgan fingerprint density at radius 2 is 1.78 bits per heavy atom. The van der Waals surface area contributed by atoms with Crippen molar-refractivity contribution in [3.05, 3.63) is 48.1 Å². The van der Waals surface area contributed by atoms with E-state index in [0.717, 1.165) is 37.4 Å². The van der Waals surface area contributed by atoms with Gasteiger partial charge in [-0.1, -0.05) is 25.2 Å². The van der Waals surface area contributed by atoms with E-state index in [1.54, 1.807) is 0 Å². The molecule has 0 fully saturated rings. The minimum absolute atomic E-state index is 0.680. The maximum Gasteiger partial charge on any atom is 0.120 e. The molecule has 0 saturated carbocycles. The maximum atomic E-state index is 5.75. The summed E-state index contributed by atoms with van der Waals surface area (Å²) in [7, 11) is 0. The SMILES string of the molecule is CCCOc1ccc(OCC2=CC=CCC2)cc1. The largest absolute Gasteiger partial charge is 0.494 e. The van der Waals surface area contributed by atoms with Crippen LogP contribution in [0.1, 0.15) is 26.2 Å². The van der Waals surface area contributed by atoms with E-state index in [1.807, 2.05) is 24.3 Å². The fraction of sp³-hybridized carbons (Fsp3) is 0.375. The van der Waals surface area contributed by atoms with E-state index >= 15 is 0 Å². The van der Waals surface area contributed by atoms with Gasteiger partial charge in [0.1, 0.15) is 18.1 Å². The highest BCUT2D eigenvalue weighted by molar-refractivity contribution is 5.31. The molecular weight excluding hydrogens is 224 g/mol. The van der Waals surface area contributed by atoms with Crippen molar-refractivity contribution < 1.29 is 9.47 Å². The van der Waals surface area contributed by atoms with Crippen LogP contribution in [-0.4, -0.2) is 13.2 Å². The normalized spacial score (nSPS) is 14.2. The molecule has 0 amide bonds. The average Bonchev–Trinajstić information content (AvgIpc) is 2.45. The zero-order valence-electron chi connectivity index (χ0n) is 10.9. The highest BCUT2D eigenvalue weighted by Gasteiger charge is 2.01. The number of rotatable bonds is 6. The number of allylic oxidation sites excluding steroid dienone is 3. The molecule has 0 heterocycles. The number of hydrogen-bond acceptors (Lipinski definition) is 2. The quantitative estimate of drug-likeness (QED) is 0.749. The fourth-order valence-corrected chi connectivity index (χ4v) is 1.80. The standard InChI is InChI=1S/C16H20O2/c1-2-12-17-15-8-10-16(11-9-15)18-13-14-6-4-3-5-7-14/h3-4,6,8-11H,2,5,7,12-13H2,1H3. The third-order valence-corrected chi connectivity index (χ3v) is 2.82. The van der Waals surface area contributed by atoms with Crippen LogP contribution in [0.5, 0.6) is 11.5 Å². The number of ether oxygens (including phenoxy) is 2. The molecule has 2 nitrogen and oxygen atoms in total. The third-order valence-electron chi connectivity index (χ3n) is 2.82. The van der Waals surface area contributed by atoms with Gasteiger partial charge in [-0.2, -0.15) is 0 Å². The third kappa shape index (κ3) is 3.95. The molecule has 96 valence electrons. The van der Waals surface area contributed by atoms with Gasteiger partial charge in [-0.05, 0) is 49.1 Å². The molecule has 0 spiro atoms. The Morgan fingerprint density at radius 1 is 1.06 bits per heavy atom. The predicted molar refractivity (Wildman–Crippen MR) is 74.2 cm³/mol. The summed E-state index contributed by atoms with van der Waals surface area (Å²) in [5.74, 6) is 1.80. The Balaban J connectivity index is 1.82. The Morgan fingerprint density at radius 3 is 2.39 bits per heavy atom. The first-order valence-corrected chi connectivity index (χ1v) is 6.58. The second-order valence-corrected chi connectivity index (χ2v) is 4.40. The molecule has 1 aliphatic carbocycles. The summed E-state index contributed by atoms with van der Waals surface area (Å²) in [6.07, 6.45) is 9.68. The molecule has 1 aliphatic rings. The summed E-state index contributed by atoms with van der Waals surface area (Å²) in [5, 5.41) is 0. The minimum Gasteiger partial charge on any atom is -0.494 e. The Hall–Kier alpha value is -1.70. The first-order chi connectivity index (χ1) is 8.88. The first kappa shape index (κ1) is 12.7. The molecule has 0 N–H and O–H groups in total. The number of hydrogen-bond donors (Lipinski definition) is 0. The Kier molecular flexibility index (Phi) is 4.88. The van der Waals surface area contributed by atoms with Crippen LogP contribution in [0.3, 0.4) is 0 Å². The van der Waals surface area contributed by atoms with Crippen molar-refractivity contribution in [2.45, 2.75) is 26.2 Å². The van der Waals surface area contributed by atoms with Gasteiger partial charge in [-0.3, -0.25) is 0 Å². The smallest absolute Gasteiger partial charge is 0.120 e. The van der Waals surface area contributed by atoms with Crippen LogP contribution in [-0.2, 0) is 0 Å². The van der Waals surface area contributed by atoms with Crippen molar-refractivity contribution in [3.63, 3.8) is 0 Å². The van der Waals surface area contributed by atoms with Crippen molar-refractivity contribution >= 4 is 0 Å². The van der Waals surface area contributed by atoms with Crippen molar-refractivity contribution in [2.75, 3.05) is 13.2 Å². The van der Waals surface area contributed by atoms with Crippen molar-refractivity contribution in [1.29, 1.82) is 0 Å². The molecule has 0 saturated heterocycles. The van der Waals surface area contributed by atoms with E-state index in [0.29, 0.717) is 6.61 Å². The predicted octanol–water partition coefficient (Wildman–Crippen LogP) is 4.13. The van der Waals surface area contributed by atoms with Gasteiger partial charge in [0.05, 0.1) is 6.61 Å². The van der Waals surface area contributed by atoms with Gasteiger partial charge in [0.15, 0.2) is 0 Å². The Bertz CT molecular complexity index is 415. The lowest BCUT2D eigenvalue weighted by molar-refractivity contribution is 0.315. The van der Waals surface area contributed by atoms with Gasteiger partial charge in [-0.25, -0.2) is 0 Å².